The number of H-pyrrole nitrogens is 1. The van der Waals surface area contributed by atoms with E-state index in [2.05, 4.69) is 25.6 Å². The number of anilines is 2. The number of benzene rings is 2. The Balaban J connectivity index is 1.44. The van der Waals surface area contributed by atoms with Crippen molar-refractivity contribution in [1.82, 2.24) is 30.3 Å². The summed E-state index contributed by atoms with van der Waals surface area (Å²) in [6.07, 6.45) is -0.768. The molecule has 1 aliphatic carbocycles. The second kappa shape index (κ2) is 8.60. The van der Waals surface area contributed by atoms with Crippen LogP contribution in [0.25, 0.3) is 22.3 Å². The predicted molar refractivity (Wildman–Crippen MR) is 123 cm³/mol. The average Bonchev–Trinajstić information content (AvgIpc) is 3.40. The van der Waals surface area contributed by atoms with Gasteiger partial charge >= 0.3 is 6.18 Å². The highest BCUT2D eigenvalue weighted by atomic mass is 19.4. The van der Waals surface area contributed by atoms with Gasteiger partial charge < -0.3 is 15.4 Å². The quantitative estimate of drug-likeness (QED) is 0.355. The number of aryl methyl sites for hydroxylation is 1. The number of carbonyl (C=O) groups is 1. The van der Waals surface area contributed by atoms with Gasteiger partial charge in [-0.05, 0) is 49.6 Å². The van der Waals surface area contributed by atoms with Crippen molar-refractivity contribution in [1.29, 1.82) is 0 Å². The van der Waals surface area contributed by atoms with Crippen LogP contribution in [0.4, 0.5) is 24.8 Å². The number of halogens is 3. The van der Waals surface area contributed by atoms with Crippen molar-refractivity contribution >= 4 is 28.4 Å². The Hall–Kier alpha value is -4.09. The maximum atomic E-state index is 12.5. The molecule has 35 heavy (non-hydrogen) atoms. The van der Waals surface area contributed by atoms with Gasteiger partial charge in [0.25, 0.3) is 5.91 Å². The van der Waals surface area contributed by atoms with Crippen molar-refractivity contribution in [2.75, 3.05) is 19.0 Å². The van der Waals surface area contributed by atoms with Crippen LogP contribution in [0.1, 0.15) is 34.8 Å². The van der Waals surface area contributed by atoms with E-state index < -0.39 is 18.6 Å². The second-order valence-corrected chi connectivity index (χ2v) is 8.34. The zero-order chi connectivity index (χ0) is 24.7. The number of fused-ring (bicyclic) bond motifs is 1. The molecule has 1 saturated carbocycles. The van der Waals surface area contributed by atoms with Gasteiger partial charge in [-0.3, -0.25) is 9.89 Å². The molecule has 2 aromatic heterocycles. The van der Waals surface area contributed by atoms with Gasteiger partial charge in [-0.1, -0.05) is 6.07 Å². The first-order valence-electron chi connectivity index (χ1n) is 10.9. The Bertz CT molecular complexity index is 1410. The number of ether oxygens (including phenoxy) is 1. The molecule has 0 saturated heterocycles. The largest absolute Gasteiger partial charge is 0.496 e. The summed E-state index contributed by atoms with van der Waals surface area (Å²) in [6.45, 7) is 0.565. The molecule has 4 aromatic rings. The number of alkyl halides is 3. The average molecular weight is 485 g/mol. The van der Waals surface area contributed by atoms with Gasteiger partial charge in [-0.15, -0.1) is 5.10 Å². The lowest BCUT2D eigenvalue weighted by Gasteiger charge is -2.11. The minimum atomic E-state index is -4.51. The molecule has 1 aliphatic rings. The minimum absolute atomic E-state index is 0.00971. The number of aromatic nitrogens is 5. The summed E-state index contributed by atoms with van der Waals surface area (Å²) in [5.74, 6) is 0.219. The maximum absolute atomic E-state index is 12.5. The lowest BCUT2D eigenvalue weighted by molar-refractivity contribution is -0.123. The number of methoxy groups -OCH3 is 1. The minimum Gasteiger partial charge on any atom is -0.496 e. The molecule has 0 radical (unpaired) electrons. The first-order valence-corrected chi connectivity index (χ1v) is 10.9. The molecule has 12 heteroatoms. The Morgan fingerprint density at radius 1 is 1.26 bits per heavy atom. The highest BCUT2D eigenvalue weighted by molar-refractivity contribution is 5.97. The van der Waals surface area contributed by atoms with E-state index in [-0.39, 0.29) is 17.4 Å². The molecule has 3 N–H and O–H groups in total. The second-order valence-electron chi connectivity index (χ2n) is 8.34. The maximum Gasteiger partial charge on any atom is 0.405 e. The Morgan fingerprint density at radius 2 is 2.06 bits per heavy atom. The number of nitrogens with one attached hydrogen (secondary N) is 3. The van der Waals surface area contributed by atoms with Crippen LogP contribution < -0.4 is 15.4 Å². The fraction of sp³-hybridized carbons (Fsp3) is 0.304. The van der Waals surface area contributed by atoms with Gasteiger partial charge in [0.1, 0.15) is 12.3 Å². The van der Waals surface area contributed by atoms with Crippen LogP contribution >= 0.6 is 0 Å². The molecule has 0 aliphatic heterocycles. The van der Waals surface area contributed by atoms with E-state index in [1.54, 1.807) is 18.3 Å². The molecule has 5 rings (SSSR count). The predicted octanol–water partition coefficient (Wildman–Crippen LogP) is 4.51. The highest BCUT2D eigenvalue weighted by Gasteiger charge is 2.30. The van der Waals surface area contributed by atoms with Gasteiger partial charge in [0, 0.05) is 16.6 Å². The summed E-state index contributed by atoms with van der Waals surface area (Å²) in [4.78, 5) is 16.9. The molecular formula is C23H22F3N7O2. The molecule has 1 amide bonds. The van der Waals surface area contributed by atoms with E-state index >= 15 is 0 Å². The monoisotopic (exact) mass is 485 g/mol. The van der Waals surface area contributed by atoms with Crippen molar-refractivity contribution in [3.8, 4) is 17.1 Å². The number of rotatable bonds is 7. The summed E-state index contributed by atoms with van der Waals surface area (Å²) in [7, 11) is 1.34. The van der Waals surface area contributed by atoms with E-state index in [9.17, 15) is 18.0 Å². The number of hydrogen-bond acceptors (Lipinski definition) is 6. The number of nitrogens with zero attached hydrogens (tertiary/aromatic N) is 4. The third-order valence-electron chi connectivity index (χ3n) is 5.82. The van der Waals surface area contributed by atoms with Crippen molar-refractivity contribution in [2.45, 2.75) is 32.0 Å². The Labute approximate surface area is 197 Å². The molecule has 182 valence electrons. The standard InChI is InChI=1S/C23H22F3N7O2/c1-12-16-10-28-31-18(16)8-7-17(12)29-22-30-20(32-33(22)14-4-5-14)13-3-6-15(19(9-13)35-2)21(34)27-11-23(24,25)26/h3,6-10,14H,4-5,11H2,1-2H3,(H,27,34)(H,28,31)(H,29,30,32). The molecule has 0 unspecified atom stereocenters. The fourth-order valence-electron chi connectivity index (χ4n) is 3.81. The molecule has 2 heterocycles. The van der Waals surface area contributed by atoms with E-state index in [4.69, 9.17) is 4.74 Å². The van der Waals surface area contributed by atoms with Gasteiger partial charge in [0.15, 0.2) is 5.82 Å². The molecule has 0 spiro atoms. The van der Waals surface area contributed by atoms with E-state index in [1.807, 2.05) is 29.1 Å². The first kappa shape index (κ1) is 22.7. The third kappa shape index (κ3) is 4.63. The van der Waals surface area contributed by atoms with Crippen LogP contribution in [0.15, 0.2) is 36.5 Å². The van der Waals surface area contributed by atoms with Gasteiger partial charge in [-0.2, -0.15) is 23.3 Å². The van der Waals surface area contributed by atoms with E-state index in [0.717, 1.165) is 35.0 Å². The zero-order valence-corrected chi connectivity index (χ0v) is 18.9. The van der Waals surface area contributed by atoms with Crippen molar-refractivity contribution in [3.05, 3.63) is 47.7 Å². The van der Waals surface area contributed by atoms with Crippen molar-refractivity contribution < 1.29 is 22.7 Å². The number of aromatic amines is 1. The smallest absolute Gasteiger partial charge is 0.405 e. The van der Waals surface area contributed by atoms with Crippen LogP contribution in [0.3, 0.4) is 0 Å². The fourth-order valence-corrected chi connectivity index (χ4v) is 3.81. The zero-order valence-electron chi connectivity index (χ0n) is 18.9. The van der Waals surface area contributed by atoms with Gasteiger partial charge in [-0.25, -0.2) is 4.68 Å². The van der Waals surface area contributed by atoms with Crippen LogP contribution in [-0.2, 0) is 0 Å². The van der Waals surface area contributed by atoms with Crippen LogP contribution in [0.2, 0.25) is 0 Å². The van der Waals surface area contributed by atoms with Crippen molar-refractivity contribution in [2.24, 2.45) is 0 Å². The van der Waals surface area contributed by atoms with E-state index in [0.29, 0.717) is 17.3 Å². The molecular weight excluding hydrogens is 463 g/mol. The third-order valence-corrected chi connectivity index (χ3v) is 5.82. The lowest BCUT2D eigenvalue weighted by Crippen LogP contribution is -2.33. The summed E-state index contributed by atoms with van der Waals surface area (Å²) < 4.78 is 44.5. The first-order chi connectivity index (χ1) is 16.7. The number of hydrogen-bond donors (Lipinski definition) is 3. The molecule has 0 atom stereocenters. The van der Waals surface area contributed by atoms with E-state index in [1.165, 1.54) is 13.2 Å². The Kier molecular flexibility index (Phi) is 5.58. The summed E-state index contributed by atoms with van der Waals surface area (Å²) in [6, 6.07) is 8.64. The number of carbonyl (C=O) groups excluding carboxylic acids is 1. The highest BCUT2D eigenvalue weighted by Crippen LogP contribution is 2.39. The van der Waals surface area contributed by atoms with Crippen LogP contribution in [-0.4, -0.2) is 50.7 Å². The molecule has 9 nitrogen and oxygen atoms in total. The molecule has 1 fully saturated rings. The van der Waals surface area contributed by atoms with Gasteiger partial charge in [0.2, 0.25) is 5.95 Å². The van der Waals surface area contributed by atoms with Crippen LogP contribution in [0.5, 0.6) is 5.75 Å². The van der Waals surface area contributed by atoms with Gasteiger partial charge in [0.05, 0.1) is 30.4 Å². The Morgan fingerprint density at radius 3 is 2.77 bits per heavy atom. The van der Waals surface area contributed by atoms with Crippen LogP contribution in [0, 0.1) is 6.92 Å². The topological polar surface area (TPSA) is 110 Å². The lowest BCUT2D eigenvalue weighted by atomic mass is 10.1. The number of amides is 1. The normalized spacial score (nSPS) is 13.7. The SMILES string of the molecule is COc1cc(-c2nc(Nc3ccc4[nH]ncc4c3C)n(C3CC3)n2)ccc1C(=O)NCC(F)(F)F. The molecule has 0 bridgehead atoms. The summed E-state index contributed by atoms with van der Waals surface area (Å²) >= 11 is 0. The summed E-state index contributed by atoms with van der Waals surface area (Å²) in [5.41, 5.74) is 3.38. The molecule has 2 aromatic carbocycles. The van der Waals surface area contributed by atoms with Crippen molar-refractivity contribution in [3.63, 3.8) is 0 Å². The summed E-state index contributed by atoms with van der Waals surface area (Å²) in [5, 5.41) is 17.9.